The zero-order valence-electron chi connectivity index (χ0n) is 19.6. The van der Waals surface area contributed by atoms with E-state index in [1.807, 2.05) is 0 Å². The summed E-state index contributed by atoms with van der Waals surface area (Å²) in [5.74, 6) is -2.42. The van der Waals surface area contributed by atoms with E-state index in [-0.39, 0.29) is 46.0 Å². The van der Waals surface area contributed by atoms with Crippen molar-refractivity contribution < 1.29 is 40.5 Å². The van der Waals surface area contributed by atoms with Gasteiger partial charge < -0.3 is 40.5 Å². The lowest BCUT2D eigenvalue weighted by molar-refractivity contribution is 0.373. The number of ether oxygens (including phenoxy) is 1. The smallest absolute Gasteiger partial charge is 0.161 e. The molecule has 0 bridgehead atoms. The molecule has 1 aliphatic carbocycles. The fraction of sp³-hybridized carbons (Fsp3) is 0.103. The third kappa shape index (κ3) is 4.18. The fourth-order valence-corrected chi connectivity index (χ4v) is 5.07. The minimum atomic E-state index is -0.645. The van der Waals surface area contributed by atoms with Gasteiger partial charge in [0.25, 0.3) is 0 Å². The first-order chi connectivity index (χ1) is 17.7. The molecule has 0 unspecified atom stereocenters. The second-order valence-corrected chi connectivity index (χ2v) is 8.94. The summed E-state index contributed by atoms with van der Waals surface area (Å²) in [6.45, 7) is 0. The first kappa shape index (κ1) is 23.7. The number of benzene rings is 4. The second-order valence-electron chi connectivity index (χ2n) is 8.94. The van der Waals surface area contributed by atoms with E-state index in [0.29, 0.717) is 33.4 Å². The van der Waals surface area contributed by atoms with Crippen LogP contribution in [0.25, 0.3) is 11.6 Å². The van der Waals surface area contributed by atoms with E-state index in [1.165, 1.54) is 55.6 Å². The highest BCUT2D eigenvalue weighted by atomic mass is 16.5. The minimum Gasteiger partial charge on any atom is -0.508 e. The van der Waals surface area contributed by atoms with Crippen molar-refractivity contribution in [3.8, 4) is 46.0 Å². The number of phenolic OH excluding ortho intramolecular Hbond substituents is 7. The Kier molecular flexibility index (Phi) is 5.72. The van der Waals surface area contributed by atoms with Gasteiger partial charge in [-0.05, 0) is 70.3 Å². The van der Waals surface area contributed by atoms with Gasteiger partial charge in [-0.2, -0.15) is 0 Å². The van der Waals surface area contributed by atoms with Gasteiger partial charge in [-0.15, -0.1) is 0 Å². The van der Waals surface area contributed by atoms with Crippen molar-refractivity contribution in [1.82, 2.24) is 0 Å². The molecule has 5 rings (SSSR count). The molecule has 7 N–H and O–H groups in total. The van der Waals surface area contributed by atoms with Crippen molar-refractivity contribution in [2.45, 2.75) is 11.8 Å². The monoisotopic (exact) mass is 500 g/mol. The lowest BCUT2D eigenvalue weighted by atomic mass is 9.79. The lowest BCUT2D eigenvalue weighted by Crippen LogP contribution is -2.08. The quantitative estimate of drug-likeness (QED) is 0.191. The maximum Gasteiger partial charge on any atom is 0.161 e. The maximum atomic E-state index is 10.8. The van der Waals surface area contributed by atoms with Crippen molar-refractivity contribution in [3.63, 3.8) is 0 Å². The summed E-state index contributed by atoms with van der Waals surface area (Å²) in [6.07, 6.45) is 1.81. The molecule has 8 heteroatoms. The van der Waals surface area contributed by atoms with Gasteiger partial charge in [0.2, 0.25) is 0 Å². The van der Waals surface area contributed by atoms with Gasteiger partial charge in [0, 0.05) is 29.5 Å². The van der Waals surface area contributed by atoms with E-state index in [4.69, 9.17) is 4.74 Å². The Bertz CT molecular complexity index is 1540. The lowest BCUT2D eigenvalue weighted by Gasteiger charge is -2.24. The molecule has 8 nitrogen and oxygen atoms in total. The Hall–Kier alpha value is -4.98. The molecular weight excluding hydrogens is 476 g/mol. The average molecular weight is 501 g/mol. The number of rotatable bonds is 4. The summed E-state index contributed by atoms with van der Waals surface area (Å²) in [7, 11) is 1.43. The summed E-state index contributed by atoms with van der Waals surface area (Å²) >= 11 is 0. The van der Waals surface area contributed by atoms with E-state index < -0.39 is 11.8 Å². The number of hydrogen-bond donors (Lipinski definition) is 7. The molecule has 4 aromatic carbocycles. The molecule has 0 aliphatic heterocycles. The molecule has 0 heterocycles. The Morgan fingerprint density at radius 2 is 1.30 bits per heavy atom. The van der Waals surface area contributed by atoms with E-state index in [0.717, 1.165) is 0 Å². The highest BCUT2D eigenvalue weighted by molar-refractivity contribution is 5.93. The topological polar surface area (TPSA) is 151 Å². The van der Waals surface area contributed by atoms with Crippen molar-refractivity contribution in [3.05, 3.63) is 94.5 Å². The Balaban J connectivity index is 1.84. The van der Waals surface area contributed by atoms with E-state index >= 15 is 0 Å². The highest BCUT2D eigenvalue weighted by Gasteiger charge is 2.41. The molecule has 0 aromatic heterocycles. The fourth-order valence-electron chi connectivity index (χ4n) is 5.07. The van der Waals surface area contributed by atoms with Crippen LogP contribution >= 0.6 is 0 Å². The second kappa shape index (κ2) is 8.91. The maximum absolute atomic E-state index is 10.8. The van der Waals surface area contributed by atoms with Crippen molar-refractivity contribution in [2.75, 3.05) is 7.11 Å². The molecule has 0 spiro atoms. The molecule has 0 saturated heterocycles. The molecule has 0 saturated carbocycles. The predicted octanol–water partition coefficient (Wildman–Crippen LogP) is 5.10. The van der Waals surface area contributed by atoms with Gasteiger partial charge in [-0.1, -0.05) is 18.2 Å². The van der Waals surface area contributed by atoms with Crippen LogP contribution in [0.1, 0.15) is 39.7 Å². The Labute approximate surface area is 211 Å². The van der Waals surface area contributed by atoms with Crippen LogP contribution in [0.2, 0.25) is 0 Å². The average Bonchev–Trinajstić information content (AvgIpc) is 3.12. The van der Waals surface area contributed by atoms with Crippen LogP contribution in [-0.4, -0.2) is 42.9 Å². The van der Waals surface area contributed by atoms with Crippen molar-refractivity contribution in [1.29, 1.82) is 0 Å². The summed E-state index contributed by atoms with van der Waals surface area (Å²) in [5.41, 5.74) is 3.34. The third-order valence-corrected chi connectivity index (χ3v) is 6.62. The molecule has 1 aliphatic rings. The van der Waals surface area contributed by atoms with Gasteiger partial charge in [0.05, 0.1) is 7.11 Å². The summed E-state index contributed by atoms with van der Waals surface area (Å²) < 4.78 is 5.24. The molecule has 188 valence electrons. The van der Waals surface area contributed by atoms with Crippen LogP contribution < -0.4 is 4.74 Å². The first-order valence-electron chi connectivity index (χ1n) is 11.4. The zero-order valence-corrected chi connectivity index (χ0v) is 19.6. The van der Waals surface area contributed by atoms with Crippen LogP contribution in [0.3, 0.4) is 0 Å². The van der Waals surface area contributed by atoms with Gasteiger partial charge in [-0.25, -0.2) is 0 Å². The third-order valence-electron chi connectivity index (χ3n) is 6.62. The predicted molar refractivity (Wildman–Crippen MR) is 136 cm³/mol. The molecule has 2 atom stereocenters. The molecule has 0 radical (unpaired) electrons. The summed E-state index contributed by atoms with van der Waals surface area (Å²) in [6, 6.07) is 16.0. The zero-order chi connectivity index (χ0) is 26.4. The van der Waals surface area contributed by atoms with E-state index in [2.05, 4.69) is 0 Å². The Morgan fingerprint density at radius 3 is 1.97 bits per heavy atom. The normalized spacial score (nSPS) is 17.6. The molecule has 0 fully saturated rings. The number of fused-ring (bicyclic) bond motifs is 1. The van der Waals surface area contributed by atoms with Gasteiger partial charge >= 0.3 is 0 Å². The SMILES string of the molecule is COc1cc(/C=C2/c3cc(O)c(O)cc3[C@H](c3ccc(O)cc3O)[C@H]2c2cc(O)cc(O)c2)ccc1O. The standard InChI is InChI=1S/C29H24O8/c1-37-27-7-14(2-5-23(27)33)6-21-20-12-25(35)26(36)13-22(20)29(19-4-3-16(30)11-24(19)34)28(21)15-8-17(31)10-18(32)9-15/h2-13,28-36H,1H3/b21-6-/t28-,29-/m0/s1. The van der Waals surface area contributed by atoms with Crippen molar-refractivity contribution in [2.24, 2.45) is 0 Å². The molecule has 0 amide bonds. The van der Waals surface area contributed by atoms with Gasteiger partial charge in [0.15, 0.2) is 23.0 Å². The van der Waals surface area contributed by atoms with Crippen LogP contribution in [0.5, 0.6) is 46.0 Å². The van der Waals surface area contributed by atoms with Crippen LogP contribution in [0.15, 0.2) is 66.7 Å². The highest BCUT2D eigenvalue weighted by Crippen LogP contribution is 2.58. The van der Waals surface area contributed by atoms with Crippen molar-refractivity contribution >= 4 is 11.6 Å². The van der Waals surface area contributed by atoms with Crippen LogP contribution in [0.4, 0.5) is 0 Å². The summed E-state index contributed by atoms with van der Waals surface area (Å²) in [5, 5.41) is 72.1. The van der Waals surface area contributed by atoms with Gasteiger partial charge in [0.1, 0.15) is 23.0 Å². The Morgan fingerprint density at radius 1 is 0.595 bits per heavy atom. The molecule has 4 aromatic rings. The number of aromatic hydroxyl groups is 7. The number of phenols is 7. The molecule has 37 heavy (non-hydrogen) atoms. The van der Waals surface area contributed by atoms with Gasteiger partial charge in [-0.3, -0.25) is 0 Å². The number of allylic oxidation sites excluding steroid dienone is 1. The van der Waals surface area contributed by atoms with E-state index in [1.54, 1.807) is 24.3 Å². The number of hydrogen-bond acceptors (Lipinski definition) is 8. The summed E-state index contributed by atoms with van der Waals surface area (Å²) in [4.78, 5) is 0. The first-order valence-corrected chi connectivity index (χ1v) is 11.4. The van der Waals surface area contributed by atoms with Crippen LogP contribution in [0, 0.1) is 0 Å². The van der Waals surface area contributed by atoms with E-state index in [9.17, 15) is 35.7 Å². The molecular formula is C29H24O8. The minimum absolute atomic E-state index is 0.0413. The van der Waals surface area contributed by atoms with Crippen LogP contribution in [-0.2, 0) is 0 Å². The number of methoxy groups -OCH3 is 1. The largest absolute Gasteiger partial charge is 0.508 e.